The quantitative estimate of drug-likeness (QED) is 0.797. The zero-order chi connectivity index (χ0) is 13.4. The Morgan fingerprint density at radius 1 is 0.722 bits per heavy atom. The van der Waals surface area contributed by atoms with Crippen LogP contribution >= 0.6 is 23.2 Å². The fourth-order valence-corrected chi connectivity index (χ4v) is 2.64. The maximum atomic E-state index is 10.0. The number of aromatic hydroxyl groups is 2. The molecule has 0 aliphatic heterocycles. The molecule has 94 valence electrons. The lowest BCUT2D eigenvalue weighted by Gasteiger charge is -2.14. The number of phenols is 2. The smallest absolute Gasteiger partial charge is 0.125 e. The van der Waals surface area contributed by atoms with E-state index < -0.39 is 0 Å². The van der Waals surface area contributed by atoms with Gasteiger partial charge in [-0.05, 0) is 49.2 Å². The van der Waals surface area contributed by atoms with E-state index in [1.54, 1.807) is 12.1 Å². The summed E-state index contributed by atoms with van der Waals surface area (Å²) in [5.74, 6) is 0.0847. The first-order valence-electron chi connectivity index (χ1n) is 5.38. The van der Waals surface area contributed by atoms with Gasteiger partial charge < -0.3 is 10.2 Å². The Morgan fingerprint density at radius 3 is 1.33 bits per heavy atom. The highest BCUT2D eigenvalue weighted by atomic mass is 35.5. The molecule has 0 aliphatic rings. The Labute approximate surface area is 115 Å². The molecule has 0 heterocycles. The molecule has 2 rings (SSSR count). The molecule has 4 heteroatoms. The second-order valence-electron chi connectivity index (χ2n) is 4.23. The molecule has 0 spiro atoms. The Bertz CT molecular complexity index is 520. The van der Waals surface area contributed by atoms with Gasteiger partial charge in [0, 0.05) is 21.2 Å². The summed E-state index contributed by atoms with van der Waals surface area (Å²) in [5.41, 5.74) is 2.73. The van der Waals surface area contributed by atoms with Crippen molar-refractivity contribution in [3.05, 3.63) is 45.4 Å². The third-order valence-corrected chi connectivity index (χ3v) is 3.25. The molecule has 0 unspecified atom stereocenters. The highest BCUT2D eigenvalue weighted by Crippen LogP contribution is 2.42. The van der Waals surface area contributed by atoms with Gasteiger partial charge in [-0.1, -0.05) is 23.2 Å². The van der Waals surface area contributed by atoms with Gasteiger partial charge in [-0.25, -0.2) is 0 Å². The van der Waals surface area contributed by atoms with Crippen LogP contribution in [-0.2, 0) is 0 Å². The van der Waals surface area contributed by atoms with Crippen molar-refractivity contribution < 1.29 is 10.2 Å². The molecule has 0 saturated heterocycles. The number of aryl methyl sites for hydroxylation is 2. The standard InChI is InChI=1S/C14H12Cl2O2/c1-7-3-9(15)5-11(17)13(7)14-8(2)4-10(16)6-12(14)18/h3-6,17-18H,1-2H3. The van der Waals surface area contributed by atoms with Gasteiger partial charge in [0.2, 0.25) is 0 Å². The van der Waals surface area contributed by atoms with E-state index in [1.165, 1.54) is 12.1 Å². The fraction of sp³-hybridized carbons (Fsp3) is 0.143. The molecule has 0 saturated carbocycles. The molecule has 2 aromatic rings. The third kappa shape index (κ3) is 2.26. The third-order valence-electron chi connectivity index (χ3n) is 2.81. The van der Waals surface area contributed by atoms with E-state index in [4.69, 9.17) is 23.2 Å². The van der Waals surface area contributed by atoms with E-state index in [2.05, 4.69) is 0 Å². The van der Waals surface area contributed by atoms with Crippen LogP contribution in [0.25, 0.3) is 11.1 Å². The maximum Gasteiger partial charge on any atom is 0.125 e. The van der Waals surface area contributed by atoms with Crippen LogP contribution in [-0.4, -0.2) is 10.2 Å². The number of halogens is 2. The molecule has 0 radical (unpaired) electrons. The van der Waals surface area contributed by atoms with E-state index in [0.29, 0.717) is 21.2 Å². The Hall–Kier alpha value is -1.38. The molecule has 2 N–H and O–H groups in total. The average molecular weight is 283 g/mol. The van der Waals surface area contributed by atoms with Crippen LogP contribution < -0.4 is 0 Å². The van der Waals surface area contributed by atoms with Crippen LogP contribution in [0, 0.1) is 13.8 Å². The van der Waals surface area contributed by atoms with Gasteiger partial charge in [0.15, 0.2) is 0 Å². The summed E-state index contributed by atoms with van der Waals surface area (Å²) in [7, 11) is 0. The first-order chi connectivity index (χ1) is 8.40. The summed E-state index contributed by atoms with van der Waals surface area (Å²) < 4.78 is 0. The molecule has 18 heavy (non-hydrogen) atoms. The van der Waals surface area contributed by atoms with Crippen LogP contribution in [0.2, 0.25) is 10.0 Å². The second-order valence-corrected chi connectivity index (χ2v) is 5.11. The highest BCUT2D eigenvalue weighted by molar-refractivity contribution is 6.31. The van der Waals surface area contributed by atoms with Crippen LogP contribution in [0.5, 0.6) is 11.5 Å². The lowest BCUT2D eigenvalue weighted by atomic mass is 9.95. The van der Waals surface area contributed by atoms with Gasteiger partial charge >= 0.3 is 0 Å². The first-order valence-corrected chi connectivity index (χ1v) is 6.14. The van der Waals surface area contributed by atoms with Crippen molar-refractivity contribution in [2.45, 2.75) is 13.8 Å². The zero-order valence-electron chi connectivity index (χ0n) is 9.96. The van der Waals surface area contributed by atoms with Crippen molar-refractivity contribution in [1.82, 2.24) is 0 Å². The van der Waals surface area contributed by atoms with Gasteiger partial charge in [0.05, 0.1) is 0 Å². The summed E-state index contributed by atoms with van der Waals surface area (Å²) in [6, 6.07) is 6.39. The SMILES string of the molecule is Cc1cc(Cl)cc(O)c1-c1c(C)cc(Cl)cc1O. The summed E-state index contributed by atoms with van der Waals surface area (Å²) in [6.07, 6.45) is 0. The minimum absolute atomic E-state index is 0.0423. The molecular weight excluding hydrogens is 271 g/mol. The van der Waals surface area contributed by atoms with E-state index in [-0.39, 0.29) is 11.5 Å². The van der Waals surface area contributed by atoms with Crippen molar-refractivity contribution in [1.29, 1.82) is 0 Å². The largest absolute Gasteiger partial charge is 0.507 e. The summed E-state index contributed by atoms with van der Waals surface area (Å²) in [4.78, 5) is 0. The molecular formula is C14H12Cl2O2. The summed E-state index contributed by atoms with van der Waals surface area (Å²) in [6.45, 7) is 3.66. The number of hydrogen-bond donors (Lipinski definition) is 2. The number of benzene rings is 2. The van der Waals surface area contributed by atoms with E-state index in [1.807, 2.05) is 13.8 Å². The van der Waals surface area contributed by atoms with E-state index >= 15 is 0 Å². The maximum absolute atomic E-state index is 10.0. The fourth-order valence-electron chi connectivity index (χ4n) is 2.10. The van der Waals surface area contributed by atoms with Crippen LogP contribution in [0.1, 0.15) is 11.1 Å². The molecule has 0 fully saturated rings. The average Bonchev–Trinajstić information content (AvgIpc) is 2.20. The Balaban J connectivity index is 2.78. The van der Waals surface area contributed by atoms with Gasteiger partial charge in [0.25, 0.3) is 0 Å². The molecule has 2 aromatic carbocycles. The summed E-state index contributed by atoms with van der Waals surface area (Å²) in [5, 5.41) is 20.9. The number of rotatable bonds is 1. The van der Waals surface area contributed by atoms with Crippen LogP contribution in [0.3, 0.4) is 0 Å². The topological polar surface area (TPSA) is 40.5 Å². The lowest BCUT2D eigenvalue weighted by Crippen LogP contribution is -1.89. The molecule has 2 nitrogen and oxygen atoms in total. The predicted octanol–water partition coefficient (Wildman–Crippen LogP) is 4.69. The van der Waals surface area contributed by atoms with Crippen molar-refractivity contribution >= 4 is 23.2 Å². The molecule has 0 bridgehead atoms. The van der Waals surface area contributed by atoms with Crippen molar-refractivity contribution in [2.75, 3.05) is 0 Å². The first kappa shape index (κ1) is 13.1. The van der Waals surface area contributed by atoms with Crippen LogP contribution in [0.15, 0.2) is 24.3 Å². The minimum Gasteiger partial charge on any atom is -0.507 e. The van der Waals surface area contributed by atoms with E-state index in [0.717, 1.165) is 11.1 Å². The molecule has 0 atom stereocenters. The van der Waals surface area contributed by atoms with Gasteiger partial charge in [0.1, 0.15) is 11.5 Å². The normalized spacial score (nSPS) is 10.7. The monoisotopic (exact) mass is 282 g/mol. The highest BCUT2D eigenvalue weighted by Gasteiger charge is 2.16. The van der Waals surface area contributed by atoms with Gasteiger partial charge in [-0.15, -0.1) is 0 Å². The van der Waals surface area contributed by atoms with Gasteiger partial charge in [-0.3, -0.25) is 0 Å². The number of hydrogen-bond acceptors (Lipinski definition) is 2. The van der Waals surface area contributed by atoms with Crippen molar-refractivity contribution in [3.63, 3.8) is 0 Å². The van der Waals surface area contributed by atoms with Crippen LogP contribution in [0.4, 0.5) is 0 Å². The van der Waals surface area contributed by atoms with Crippen molar-refractivity contribution in [3.8, 4) is 22.6 Å². The Morgan fingerprint density at radius 2 is 1.06 bits per heavy atom. The Kier molecular flexibility index (Phi) is 3.42. The second kappa shape index (κ2) is 4.71. The van der Waals surface area contributed by atoms with Crippen molar-refractivity contribution in [2.24, 2.45) is 0 Å². The lowest BCUT2D eigenvalue weighted by molar-refractivity contribution is 0.468. The molecule has 0 aromatic heterocycles. The zero-order valence-corrected chi connectivity index (χ0v) is 11.5. The minimum atomic E-state index is 0.0423. The predicted molar refractivity (Wildman–Crippen MR) is 74.7 cm³/mol. The van der Waals surface area contributed by atoms with Gasteiger partial charge in [-0.2, -0.15) is 0 Å². The van der Waals surface area contributed by atoms with E-state index in [9.17, 15) is 10.2 Å². The molecule has 0 aliphatic carbocycles. The number of phenolic OH excluding ortho intramolecular Hbond substituents is 2. The molecule has 0 amide bonds. The summed E-state index contributed by atoms with van der Waals surface area (Å²) >= 11 is 11.7.